The van der Waals surface area contributed by atoms with E-state index in [0.717, 1.165) is 0 Å². The number of anilines is 2. The Morgan fingerprint density at radius 2 is 1.77 bits per heavy atom. The quantitative estimate of drug-likeness (QED) is 0.180. The molecule has 0 radical (unpaired) electrons. The number of hydrogen-bond acceptors (Lipinski definition) is 6. The minimum Gasteiger partial charge on any atom is -0.494 e. The summed E-state index contributed by atoms with van der Waals surface area (Å²) in [4.78, 5) is 35.4. The van der Waals surface area contributed by atoms with Crippen molar-refractivity contribution in [3.63, 3.8) is 0 Å². The number of carbonyl (C=O) groups is 2. The molecule has 0 heterocycles. The van der Waals surface area contributed by atoms with E-state index in [4.69, 9.17) is 17.0 Å². The molecule has 0 saturated carbocycles. The number of hydrogen-bond donors (Lipinski definition) is 3. The first-order chi connectivity index (χ1) is 16.9. The van der Waals surface area contributed by atoms with Gasteiger partial charge < -0.3 is 15.4 Å². The van der Waals surface area contributed by atoms with E-state index in [1.807, 2.05) is 6.92 Å². The Labute approximate surface area is 207 Å². The number of benzene rings is 3. The first-order valence-corrected chi connectivity index (χ1v) is 10.9. The molecule has 0 aliphatic carbocycles. The smallest absolute Gasteiger partial charge is 0.270 e. The van der Waals surface area contributed by atoms with Gasteiger partial charge in [0.05, 0.1) is 22.8 Å². The molecule has 178 valence electrons. The highest BCUT2D eigenvalue weighted by Crippen LogP contribution is 2.20. The SMILES string of the molecule is CCOc1ccc(NC(=O)c2ccccc2NC(=S)NC(=O)/C=C/c2cccc([N+](=O)[O-])c2)cc1. The van der Waals surface area contributed by atoms with E-state index in [1.54, 1.807) is 54.6 Å². The molecule has 3 N–H and O–H groups in total. The van der Waals surface area contributed by atoms with Gasteiger partial charge in [0.25, 0.3) is 11.6 Å². The maximum Gasteiger partial charge on any atom is 0.270 e. The summed E-state index contributed by atoms with van der Waals surface area (Å²) < 4.78 is 5.40. The molecule has 3 rings (SSSR count). The molecule has 3 aromatic carbocycles. The lowest BCUT2D eigenvalue weighted by molar-refractivity contribution is -0.384. The first-order valence-electron chi connectivity index (χ1n) is 10.5. The molecular formula is C25H22N4O5S. The van der Waals surface area contributed by atoms with Gasteiger partial charge in [0.2, 0.25) is 5.91 Å². The summed E-state index contributed by atoms with van der Waals surface area (Å²) >= 11 is 5.20. The van der Waals surface area contributed by atoms with Crippen LogP contribution in [0.5, 0.6) is 5.75 Å². The number of non-ortho nitro benzene ring substituents is 1. The van der Waals surface area contributed by atoms with E-state index < -0.39 is 10.8 Å². The van der Waals surface area contributed by atoms with Crippen molar-refractivity contribution < 1.29 is 19.2 Å². The van der Waals surface area contributed by atoms with Crippen LogP contribution in [0.2, 0.25) is 0 Å². The standard InChI is InChI=1S/C25H22N4O5S/c1-2-34-20-13-11-18(12-14-20)26-24(31)21-8-3-4-9-22(21)27-25(35)28-23(30)15-10-17-6-5-7-19(16-17)29(32)33/h3-16H,2H2,1H3,(H,26,31)(H2,27,28,30,35)/b15-10+. The normalized spacial score (nSPS) is 10.4. The molecule has 0 spiro atoms. The van der Waals surface area contributed by atoms with Gasteiger partial charge in [-0.15, -0.1) is 0 Å². The number of nitro groups is 1. The lowest BCUT2D eigenvalue weighted by Gasteiger charge is -2.13. The maximum atomic E-state index is 12.8. The van der Waals surface area contributed by atoms with Crippen LogP contribution in [0.3, 0.4) is 0 Å². The number of amides is 2. The van der Waals surface area contributed by atoms with Crippen molar-refractivity contribution in [2.45, 2.75) is 6.92 Å². The van der Waals surface area contributed by atoms with Gasteiger partial charge in [-0.3, -0.25) is 25.0 Å². The average molecular weight is 491 g/mol. The second-order valence-corrected chi connectivity index (χ2v) is 7.49. The lowest BCUT2D eigenvalue weighted by Crippen LogP contribution is -2.33. The highest BCUT2D eigenvalue weighted by molar-refractivity contribution is 7.80. The van der Waals surface area contributed by atoms with Gasteiger partial charge in [-0.1, -0.05) is 24.3 Å². The average Bonchev–Trinajstić information content (AvgIpc) is 2.84. The van der Waals surface area contributed by atoms with Gasteiger partial charge in [-0.2, -0.15) is 0 Å². The van der Waals surface area contributed by atoms with E-state index in [-0.39, 0.29) is 16.7 Å². The fourth-order valence-electron chi connectivity index (χ4n) is 3.01. The molecule has 0 bridgehead atoms. The third kappa shape index (κ3) is 7.47. The topological polar surface area (TPSA) is 123 Å². The monoisotopic (exact) mass is 490 g/mol. The van der Waals surface area contributed by atoms with Gasteiger partial charge in [0.1, 0.15) is 5.75 Å². The van der Waals surface area contributed by atoms with Crippen molar-refractivity contribution in [2.24, 2.45) is 0 Å². The van der Waals surface area contributed by atoms with E-state index in [9.17, 15) is 19.7 Å². The van der Waals surface area contributed by atoms with Crippen LogP contribution in [-0.4, -0.2) is 28.5 Å². The van der Waals surface area contributed by atoms with Gasteiger partial charge in [0, 0.05) is 23.9 Å². The molecule has 0 fully saturated rings. The highest BCUT2D eigenvalue weighted by atomic mass is 32.1. The number of rotatable bonds is 8. The minimum absolute atomic E-state index is 0.0139. The van der Waals surface area contributed by atoms with E-state index >= 15 is 0 Å². The molecule has 0 saturated heterocycles. The molecule has 0 unspecified atom stereocenters. The summed E-state index contributed by atoms with van der Waals surface area (Å²) in [5.74, 6) is -0.199. The highest BCUT2D eigenvalue weighted by Gasteiger charge is 2.13. The van der Waals surface area contributed by atoms with E-state index in [1.165, 1.54) is 30.4 Å². The Bertz CT molecular complexity index is 1270. The molecule has 2 amide bonds. The summed E-state index contributed by atoms with van der Waals surface area (Å²) in [5.41, 5.74) is 1.74. The zero-order valence-electron chi connectivity index (χ0n) is 18.7. The van der Waals surface area contributed by atoms with Crippen molar-refractivity contribution in [3.8, 4) is 5.75 Å². The van der Waals surface area contributed by atoms with Crippen LogP contribution in [0.1, 0.15) is 22.8 Å². The molecule has 0 aliphatic rings. The summed E-state index contributed by atoms with van der Waals surface area (Å²) in [6.07, 6.45) is 2.64. The second kappa shape index (κ2) is 12.1. The number of thiocarbonyl (C=S) groups is 1. The Morgan fingerprint density at radius 1 is 1.03 bits per heavy atom. The van der Waals surface area contributed by atoms with E-state index in [0.29, 0.717) is 34.9 Å². The lowest BCUT2D eigenvalue weighted by atomic mass is 10.1. The fourth-order valence-corrected chi connectivity index (χ4v) is 3.22. The van der Waals surface area contributed by atoms with Crippen LogP contribution in [0.25, 0.3) is 6.08 Å². The molecule has 35 heavy (non-hydrogen) atoms. The Kier molecular flexibility index (Phi) is 8.63. The van der Waals surface area contributed by atoms with Gasteiger partial charge >= 0.3 is 0 Å². The van der Waals surface area contributed by atoms with Crippen molar-refractivity contribution in [3.05, 3.63) is 100 Å². The van der Waals surface area contributed by atoms with Crippen LogP contribution in [-0.2, 0) is 4.79 Å². The maximum absolute atomic E-state index is 12.8. The molecule has 9 nitrogen and oxygen atoms in total. The van der Waals surface area contributed by atoms with Crippen LogP contribution in [0, 0.1) is 10.1 Å². The summed E-state index contributed by atoms with van der Waals surface area (Å²) in [6.45, 7) is 2.44. The number of nitrogens with zero attached hydrogens (tertiary/aromatic N) is 1. The van der Waals surface area contributed by atoms with Crippen LogP contribution < -0.4 is 20.7 Å². The largest absolute Gasteiger partial charge is 0.494 e. The minimum atomic E-state index is -0.537. The number of nitro benzene ring substituents is 1. The first kappa shape index (κ1) is 25.1. The Balaban J connectivity index is 1.61. The van der Waals surface area contributed by atoms with Crippen LogP contribution in [0.15, 0.2) is 78.9 Å². The summed E-state index contributed by atoms with van der Waals surface area (Å²) in [5, 5.41) is 19.0. The number of para-hydroxylation sites is 1. The van der Waals surface area contributed by atoms with Crippen molar-refractivity contribution in [1.29, 1.82) is 0 Å². The Morgan fingerprint density at radius 3 is 2.49 bits per heavy atom. The zero-order valence-corrected chi connectivity index (χ0v) is 19.5. The van der Waals surface area contributed by atoms with Gasteiger partial charge in [-0.25, -0.2) is 0 Å². The third-order valence-electron chi connectivity index (χ3n) is 4.59. The van der Waals surface area contributed by atoms with Gasteiger partial charge in [-0.05, 0) is 67.2 Å². The summed E-state index contributed by atoms with van der Waals surface area (Å²) in [6, 6.07) is 19.6. The van der Waals surface area contributed by atoms with E-state index in [2.05, 4.69) is 16.0 Å². The fraction of sp³-hybridized carbons (Fsp3) is 0.0800. The molecule has 0 aromatic heterocycles. The third-order valence-corrected chi connectivity index (χ3v) is 4.79. The van der Waals surface area contributed by atoms with Crippen LogP contribution in [0.4, 0.5) is 17.1 Å². The number of ether oxygens (including phenoxy) is 1. The molecule has 3 aromatic rings. The van der Waals surface area contributed by atoms with Crippen molar-refractivity contribution in [1.82, 2.24) is 5.32 Å². The molecule has 0 aliphatic heterocycles. The molecular weight excluding hydrogens is 468 g/mol. The Hall–Kier alpha value is -4.57. The second-order valence-electron chi connectivity index (χ2n) is 7.09. The molecule has 0 atom stereocenters. The zero-order chi connectivity index (χ0) is 25.2. The predicted octanol–water partition coefficient (Wildman–Crippen LogP) is 4.77. The number of carbonyl (C=O) groups excluding carboxylic acids is 2. The van der Waals surface area contributed by atoms with Gasteiger partial charge in [0.15, 0.2) is 5.11 Å². The number of nitrogens with one attached hydrogen (secondary N) is 3. The summed E-state index contributed by atoms with van der Waals surface area (Å²) in [7, 11) is 0. The molecule has 10 heteroatoms. The van der Waals surface area contributed by atoms with Crippen molar-refractivity contribution >= 4 is 52.3 Å². The predicted molar refractivity (Wildman–Crippen MR) is 138 cm³/mol. The van der Waals surface area contributed by atoms with Crippen molar-refractivity contribution in [2.75, 3.05) is 17.2 Å². The van der Waals surface area contributed by atoms with Crippen LogP contribution >= 0.6 is 12.2 Å².